The van der Waals surface area contributed by atoms with Crippen molar-refractivity contribution >= 4 is 5.91 Å². The van der Waals surface area contributed by atoms with Crippen LogP contribution in [0.3, 0.4) is 0 Å². The number of likely N-dealkylation sites (tertiary alicyclic amines) is 1. The van der Waals surface area contributed by atoms with Gasteiger partial charge in [-0.1, -0.05) is 0 Å². The number of amides is 1. The zero-order chi connectivity index (χ0) is 12.1. The summed E-state index contributed by atoms with van der Waals surface area (Å²) >= 11 is 0. The van der Waals surface area contributed by atoms with Gasteiger partial charge in [-0.25, -0.2) is 0 Å². The normalized spacial score (nSPS) is 18.5. The van der Waals surface area contributed by atoms with E-state index in [1.807, 2.05) is 11.9 Å². The second-order valence-corrected chi connectivity index (χ2v) is 5.02. The Labute approximate surface area is 98.2 Å². The summed E-state index contributed by atoms with van der Waals surface area (Å²) in [4.78, 5) is 15.9. The number of hydrogen-bond acceptors (Lipinski definition) is 3. The summed E-state index contributed by atoms with van der Waals surface area (Å²) in [7, 11) is 1.98. The topological polar surface area (TPSA) is 43.8 Å². The quantitative estimate of drug-likeness (QED) is 0.764. The Bertz CT molecular complexity index is 223. The van der Waals surface area contributed by atoms with Gasteiger partial charge in [0.05, 0.1) is 6.54 Å². The van der Waals surface area contributed by atoms with E-state index in [0.29, 0.717) is 18.5 Å². The molecule has 0 unspecified atom stereocenters. The van der Waals surface area contributed by atoms with Gasteiger partial charge in [-0.3, -0.25) is 9.69 Å². The van der Waals surface area contributed by atoms with E-state index < -0.39 is 0 Å². The van der Waals surface area contributed by atoms with Crippen molar-refractivity contribution in [2.45, 2.75) is 32.7 Å². The maximum absolute atomic E-state index is 11.9. The van der Waals surface area contributed by atoms with Crippen LogP contribution in [0.4, 0.5) is 0 Å². The Kier molecular flexibility index (Phi) is 5.22. The van der Waals surface area contributed by atoms with Crippen LogP contribution in [-0.4, -0.2) is 60.1 Å². The molecule has 0 atom stereocenters. The van der Waals surface area contributed by atoms with Crippen LogP contribution in [0.5, 0.6) is 0 Å². The van der Waals surface area contributed by atoms with E-state index in [9.17, 15) is 4.79 Å². The average molecular weight is 228 g/mol. The molecule has 16 heavy (non-hydrogen) atoms. The first-order valence-electron chi connectivity index (χ1n) is 6.13. The van der Waals surface area contributed by atoms with Crippen molar-refractivity contribution in [3.05, 3.63) is 0 Å². The lowest BCUT2D eigenvalue weighted by Crippen LogP contribution is -2.45. The van der Waals surface area contributed by atoms with Crippen LogP contribution in [0.15, 0.2) is 0 Å². The van der Waals surface area contributed by atoms with E-state index >= 15 is 0 Å². The summed E-state index contributed by atoms with van der Waals surface area (Å²) in [6.07, 6.45) is 1.88. The third-order valence-electron chi connectivity index (χ3n) is 3.49. The van der Waals surface area contributed by atoms with Gasteiger partial charge < -0.3 is 10.0 Å². The second kappa shape index (κ2) is 6.21. The average Bonchev–Trinajstić information content (AvgIpc) is 2.28. The summed E-state index contributed by atoms with van der Waals surface area (Å²) in [6.45, 7) is 6.54. The highest BCUT2D eigenvalue weighted by Crippen LogP contribution is 2.16. The number of carbonyl (C=O) groups excluding carboxylic acids is 1. The van der Waals surface area contributed by atoms with E-state index in [1.54, 1.807) is 0 Å². The Morgan fingerprint density at radius 3 is 2.44 bits per heavy atom. The first kappa shape index (κ1) is 13.5. The highest BCUT2D eigenvalue weighted by Gasteiger charge is 2.23. The first-order chi connectivity index (χ1) is 7.54. The van der Waals surface area contributed by atoms with Crippen molar-refractivity contribution in [2.75, 3.05) is 33.3 Å². The number of rotatable bonds is 4. The summed E-state index contributed by atoms with van der Waals surface area (Å²) in [5.74, 6) is 0.611. The van der Waals surface area contributed by atoms with E-state index in [-0.39, 0.29) is 12.5 Å². The number of nitrogens with zero attached hydrogens (tertiary/aromatic N) is 2. The molecule has 4 heteroatoms. The van der Waals surface area contributed by atoms with Crippen LogP contribution < -0.4 is 0 Å². The smallest absolute Gasteiger partial charge is 0.236 e. The fourth-order valence-corrected chi connectivity index (χ4v) is 1.86. The lowest BCUT2D eigenvalue weighted by molar-refractivity contribution is -0.134. The Morgan fingerprint density at radius 1 is 1.44 bits per heavy atom. The van der Waals surface area contributed by atoms with Gasteiger partial charge >= 0.3 is 0 Å². The van der Waals surface area contributed by atoms with Crippen LogP contribution in [0.25, 0.3) is 0 Å². The van der Waals surface area contributed by atoms with Crippen LogP contribution in [0, 0.1) is 5.92 Å². The molecule has 0 radical (unpaired) electrons. The van der Waals surface area contributed by atoms with Crippen LogP contribution >= 0.6 is 0 Å². The molecular weight excluding hydrogens is 204 g/mol. The van der Waals surface area contributed by atoms with Crippen molar-refractivity contribution in [1.82, 2.24) is 9.80 Å². The number of piperidine rings is 1. The minimum atomic E-state index is 0.215. The molecular formula is C12H24N2O2. The van der Waals surface area contributed by atoms with Gasteiger partial charge in [0.2, 0.25) is 5.91 Å². The molecule has 1 aliphatic heterocycles. The molecule has 1 fully saturated rings. The summed E-state index contributed by atoms with van der Waals surface area (Å²) < 4.78 is 0. The van der Waals surface area contributed by atoms with E-state index in [0.717, 1.165) is 25.9 Å². The van der Waals surface area contributed by atoms with Crippen molar-refractivity contribution in [3.63, 3.8) is 0 Å². The zero-order valence-electron chi connectivity index (χ0n) is 10.6. The van der Waals surface area contributed by atoms with Gasteiger partial charge in [0, 0.05) is 25.7 Å². The van der Waals surface area contributed by atoms with Gasteiger partial charge in [-0.15, -0.1) is 0 Å². The van der Waals surface area contributed by atoms with Gasteiger partial charge in [0.1, 0.15) is 0 Å². The highest BCUT2D eigenvalue weighted by atomic mass is 16.3. The summed E-state index contributed by atoms with van der Waals surface area (Å²) in [5.41, 5.74) is 0. The molecule has 1 rings (SSSR count). The first-order valence-corrected chi connectivity index (χ1v) is 6.13. The molecule has 0 saturated carbocycles. The molecule has 0 aromatic heterocycles. The minimum absolute atomic E-state index is 0.215. The molecule has 1 aliphatic rings. The highest BCUT2D eigenvalue weighted by molar-refractivity contribution is 5.78. The summed E-state index contributed by atoms with van der Waals surface area (Å²) in [5, 5.41) is 9.02. The molecule has 0 aromatic carbocycles. The predicted octanol–water partition coefficient (Wildman–Crippen LogP) is 0.557. The third kappa shape index (κ3) is 3.76. The largest absolute Gasteiger partial charge is 0.396 e. The predicted molar refractivity (Wildman–Crippen MR) is 64.2 cm³/mol. The van der Waals surface area contributed by atoms with E-state index in [2.05, 4.69) is 18.7 Å². The second-order valence-electron chi connectivity index (χ2n) is 5.02. The van der Waals surface area contributed by atoms with Gasteiger partial charge in [-0.2, -0.15) is 0 Å². The zero-order valence-corrected chi connectivity index (χ0v) is 10.6. The summed E-state index contributed by atoms with van der Waals surface area (Å²) in [6, 6.07) is 0.402. The Balaban J connectivity index is 2.33. The number of likely N-dealkylation sites (N-methyl/N-ethyl adjacent to an activating group) is 1. The lowest BCUT2D eigenvalue weighted by atomic mass is 9.98. The van der Waals surface area contributed by atoms with E-state index in [1.165, 1.54) is 0 Å². The number of aliphatic hydroxyl groups is 1. The Hall–Kier alpha value is -0.610. The Morgan fingerprint density at radius 2 is 2.00 bits per heavy atom. The minimum Gasteiger partial charge on any atom is -0.396 e. The molecule has 1 saturated heterocycles. The molecule has 0 aliphatic carbocycles. The SMILES string of the molecule is CC(C)N(C)CC(=O)N1CCC(CO)CC1. The van der Waals surface area contributed by atoms with Crippen molar-refractivity contribution < 1.29 is 9.90 Å². The molecule has 4 nitrogen and oxygen atoms in total. The van der Waals surface area contributed by atoms with E-state index in [4.69, 9.17) is 5.11 Å². The molecule has 1 heterocycles. The van der Waals surface area contributed by atoms with Crippen LogP contribution in [-0.2, 0) is 4.79 Å². The fourth-order valence-electron chi connectivity index (χ4n) is 1.86. The molecule has 0 aromatic rings. The van der Waals surface area contributed by atoms with Gasteiger partial charge in [0.25, 0.3) is 0 Å². The van der Waals surface area contributed by atoms with Gasteiger partial charge in [0.15, 0.2) is 0 Å². The van der Waals surface area contributed by atoms with Crippen LogP contribution in [0.2, 0.25) is 0 Å². The van der Waals surface area contributed by atoms with Gasteiger partial charge in [-0.05, 0) is 39.7 Å². The lowest BCUT2D eigenvalue weighted by Gasteiger charge is -2.33. The fraction of sp³-hybridized carbons (Fsp3) is 0.917. The maximum Gasteiger partial charge on any atom is 0.236 e. The third-order valence-corrected chi connectivity index (χ3v) is 3.49. The molecule has 1 amide bonds. The van der Waals surface area contributed by atoms with Crippen molar-refractivity contribution in [2.24, 2.45) is 5.92 Å². The van der Waals surface area contributed by atoms with Crippen LogP contribution in [0.1, 0.15) is 26.7 Å². The number of hydrogen-bond donors (Lipinski definition) is 1. The monoisotopic (exact) mass is 228 g/mol. The maximum atomic E-state index is 11.9. The molecule has 0 spiro atoms. The standard InChI is InChI=1S/C12H24N2O2/c1-10(2)13(3)8-12(16)14-6-4-11(9-15)5-7-14/h10-11,15H,4-9H2,1-3H3. The number of carbonyl (C=O) groups is 1. The molecule has 0 bridgehead atoms. The van der Waals surface area contributed by atoms with Crippen molar-refractivity contribution in [3.8, 4) is 0 Å². The number of aliphatic hydroxyl groups excluding tert-OH is 1. The molecule has 1 N–H and O–H groups in total. The molecule has 94 valence electrons. The van der Waals surface area contributed by atoms with Crippen molar-refractivity contribution in [1.29, 1.82) is 0 Å².